The minimum Gasteiger partial charge on any atom is -0.465 e. The Balaban J connectivity index is 0.00000162. The van der Waals surface area contributed by atoms with Crippen molar-refractivity contribution in [3.8, 4) is 0 Å². The topological polar surface area (TPSA) is 52.3 Å². The van der Waals surface area contributed by atoms with Crippen molar-refractivity contribution in [2.75, 3.05) is 7.11 Å². The third kappa shape index (κ3) is 3.24. The minimum absolute atomic E-state index is 0. The van der Waals surface area contributed by atoms with Crippen LogP contribution in [0.2, 0.25) is 0 Å². The standard InChI is InChI=1S/C14H19NO2.ClH/c1-17-14(16)12-8-6-11(7-9-12)13(15)10-4-2-3-5-10;/h6-10,13H,2-5,15H2,1H3;1H/t13-;/m0./s1. The lowest BCUT2D eigenvalue weighted by Crippen LogP contribution is -2.19. The van der Waals surface area contributed by atoms with Gasteiger partial charge >= 0.3 is 5.97 Å². The van der Waals surface area contributed by atoms with E-state index in [0.717, 1.165) is 5.56 Å². The lowest BCUT2D eigenvalue weighted by molar-refractivity contribution is 0.0600. The first kappa shape index (κ1) is 15.0. The second-order valence-corrected chi connectivity index (χ2v) is 4.68. The van der Waals surface area contributed by atoms with E-state index in [0.29, 0.717) is 11.5 Å². The molecule has 1 saturated carbocycles. The summed E-state index contributed by atoms with van der Waals surface area (Å²) in [6.45, 7) is 0. The van der Waals surface area contributed by atoms with Crippen molar-refractivity contribution in [3.05, 3.63) is 35.4 Å². The fourth-order valence-electron chi connectivity index (χ4n) is 2.55. The van der Waals surface area contributed by atoms with Crippen LogP contribution in [0.3, 0.4) is 0 Å². The molecule has 0 saturated heterocycles. The number of methoxy groups -OCH3 is 1. The summed E-state index contributed by atoms with van der Waals surface area (Å²) in [4.78, 5) is 11.3. The van der Waals surface area contributed by atoms with E-state index in [2.05, 4.69) is 4.74 Å². The number of carbonyl (C=O) groups is 1. The van der Waals surface area contributed by atoms with Crippen molar-refractivity contribution in [2.45, 2.75) is 31.7 Å². The first-order chi connectivity index (χ1) is 8.22. The average molecular weight is 270 g/mol. The van der Waals surface area contributed by atoms with Crippen LogP contribution in [0.5, 0.6) is 0 Å². The summed E-state index contributed by atoms with van der Waals surface area (Å²) in [5.41, 5.74) is 7.94. The summed E-state index contributed by atoms with van der Waals surface area (Å²) in [6, 6.07) is 7.56. The molecule has 0 unspecified atom stereocenters. The first-order valence-electron chi connectivity index (χ1n) is 6.16. The van der Waals surface area contributed by atoms with Gasteiger partial charge in [0.15, 0.2) is 0 Å². The Morgan fingerprint density at radius 3 is 2.33 bits per heavy atom. The van der Waals surface area contributed by atoms with Gasteiger partial charge in [-0.1, -0.05) is 25.0 Å². The van der Waals surface area contributed by atoms with Crippen LogP contribution in [-0.4, -0.2) is 13.1 Å². The number of nitrogens with two attached hydrogens (primary N) is 1. The molecule has 18 heavy (non-hydrogen) atoms. The number of rotatable bonds is 3. The van der Waals surface area contributed by atoms with E-state index in [1.54, 1.807) is 12.1 Å². The van der Waals surface area contributed by atoms with Crippen LogP contribution in [0, 0.1) is 5.92 Å². The van der Waals surface area contributed by atoms with Gasteiger partial charge in [0.2, 0.25) is 0 Å². The van der Waals surface area contributed by atoms with E-state index in [4.69, 9.17) is 5.73 Å². The molecule has 0 radical (unpaired) electrons. The van der Waals surface area contributed by atoms with Gasteiger partial charge in [0.1, 0.15) is 0 Å². The van der Waals surface area contributed by atoms with Crippen molar-refractivity contribution in [1.82, 2.24) is 0 Å². The Morgan fingerprint density at radius 2 is 1.83 bits per heavy atom. The molecular formula is C14H20ClNO2. The highest BCUT2D eigenvalue weighted by molar-refractivity contribution is 5.89. The van der Waals surface area contributed by atoms with Crippen LogP contribution in [0.25, 0.3) is 0 Å². The summed E-state index contributed by atoms with van der Waals surface area (Å²) >= 11 is 0. The lowest BCUT2D eigenvalue weighted by atomic mass is 9.92. The van der Waals surface area contributed by atoms with Gasteiger partial charge in [-0.2, -0.15) is 0 Å². The maximum absolute atomic E-state index is 11.3. The van der Waals surface area contributed by atoms with Gasteiger partial charge in [0.05, 0.1) is 12.7 Å². The molecule has 0 aliphatic heterocycles. The summed E-state index contributed by atoms with van der Waals surface area (Å²) in [7, 11) is 1.39. The minimum atomic E-state index is -0.300. The van der Waals surface area contributed by atoms with Crippen LogP contribution in [0.4, 0.5) is 0 Å². The van der Waals surface area contributed by atoms with Crippen LogP contribution in [0.15, 0.2) is 24.3 Å². The van der Waals surface area contributed by atoms with E-state index >= 15 is 0 Å². The zero-order valence-corrected chi connectivity index (χ0v) is 11.4. The van der Waals surface area contributed by atoms with Gasteiger partial charge in [-0.25, -0.2) is 4.79 Å². The molecular weight excluding hydrogens is 250 g/mol. The predicted octanol–water partition coefficient (Wildman–Crippen LogP) is 3.09. The van der Waals surface area contributed by atoms with E-state index in [1.165, 1.54) is 32.8 Å². The predicted molar refractivity (Wildman–Crippen MR) is 73.9 cm³/mol. The molecule has 1 aromatic carbocycles. The molecule has 4 heteroatoms. The monoisotopic (exact) mass is 269 g/mol. The molecule has 0 bridgehead atoms. The third-order valence-corrected chi connectivity index (χ3v) is 3.62. The van der Waals surface area contributed by atoms with Crippen molar-refractivity contribution in [1.29, 1.82) is 0 Å². The molecule has 100 valence electrons. The van der Waals surface area contributed by atoms with Gasteiger partial charge in [-0.05, 0) is 36.5 Å². The Kier molecular flexibility index (Phi) is 5.63. The van der Waals surface area contributed by atoms with Gasteiger partial charge in [0.25, 0.3) is 0 Å². The lowest BCUT2D eigenvalue weighted by Gasteiger charge is -2.19. The first-order valence-corrected chi connectivity index (χ1v) is 6.16. The van der Waals surface area contributed by atoms with Crippen molar-refractivity contribution < 1.29 is 9.53 Å². The SMILES string of the molecule is COC(=O)c1ccc([C@@H](N)C2CCCC2)cc1.Cl. The molecule has 1 fully saturated rings. The van der Waals surface area contributed by atoms with E-state index in [-0.39, 0.29) is 24.4 Å². The van der Waals surface area contributed by atoms with E-state index in [9.17, 15) is 4.79 Å². The molecule has 2 rings (SSSR count). The Morgan fingerprint density at radius 1 is 1.28 bits per heavy atom. The number of carbonyl (C=O) groups excluding carboxylic acids is 1. The van der Waals surface area contributed by atoms with E-state index in [1.807, 2.05) is 12.1 Å². The summed E-state index contributed by atoms with van der Waals surface area (Å²) in [5.74, 6) is 0.296. The maximum Gasteiger partial charge on any atom is 0.337 e. The quantitative estimate of drug-likeness (QED) is 0.858. The molecule has 1 aliphatic rings. The summed E-state index contributed by atoms with van der Waals surface area (Å²) < 4.78 is 4.67. The number of halogens is 1. The molecule has 0 aromatic heterocycles. The van der Waals surface area contributed by atoms with Crippen LogP contribution in [-0.2, 0) is 4.74 Å². The van der Waals surface area contributed by atoms with Crippen LogP contribution in [0.1, 0.15) is 47.6 Å². The van der Waals surface area contributed by atoms with Gasteiger partial charge in [-0.15, -0.1) is 12.4 Å². The zero-order chi connectivity index (χ0) is 12.3. The van der Waals surface area contributed by atoms with Crippen molar-refractivity contribution in [2.24, 2.45) is 11.7 Å². The summed E-state index contributed by atoms with van der Waals surface area (Å²) in [6.07, 6.45) is 5.02. The second-order valence-electron chi connectivity index (χ2n) is 4.68. The highest BCUT2D eigenvalue weighted by Crippen LogP contribution is 2.34. The summed E-state index contributed by atoms with van der Waals surface area (Å²) in [5, 5.41) is 0. The smallest absolute Gasteiger partial charge is 0.337 e. The highest BCUT2D eigenvalue weighted by atomic mass is 35.5. The third-order valence-electron chi connectivity index (χ3n) is 3.62. The Bertz CT molecular complexity index is 385. The number of ether oxygens (including phenoxy) is 1. The van der Waals surface area contributed by atoms with Crippen LogP contribution < -0.4 is 5.73 Å². The van der Waals surface area contributed by atoms with Crippen LogP contribution >= 0.6 is 12.4 Å². The second kappa shape index (κ2) is 6.76. The number of hydrogen-bond acceptors (Lipinski definition) is 3. The Hall–Kier alpha value is -1.06. The van der Waals surface area contributed by atoms with Gasteiger partial charge in [-0.3, -0.25) is 0 Å². The number of benzene rings is 1. The molecule has 0 amide bonds. The van der Waals surface area contributed by atoms with Gasteiger partial charge in [0, 0.05) is 6.04 Å². The zero-order valence-electron chi connectivity index (χ0n) is 10.6. The van der Waals surface area contributed by atoms with E-state index < -0.39 is 0 Å². The molecule has 1 aromatic rings. The fourth-order valence-corrected chi connectivity index (χ4v) is 2.55. The molecule has 1 atom stereocenters. The normalized spacial score (nSPS) is 17.0. The largest absolute Gasteiger partial charge is 0.465 e. The van der Waals surface area contributed by atoms with Crippen molar-refractivity contribution in [3.63, 3.8) is 0 Å². The molecule has 3 nitrogen and oxygen atoms in total. The maximum atomic E-state index is 11.3. The molecule has 0 heterocycles. The molecule has 1 aliphatic carbocycles. The Labute approximate surface area is 114 Å². The van der Waals surface area contributed by atoms with Gasteiger partial charge < -0.3 is 10.5 Å². The fraction of sp³-hybridized carbons (Fsp3) is 0.500. The van der Waals surface area contributed by atoms with Crippen molar-refractivity contribution >= 4 is 18.4 Å². The highest BCUT2D eigenvalue weighted by Gasteiger charge is 2.23. The average Bonchev–Trinajstić information content (AvgIpc) is 2.91. The molecule has 2 N–H and O–H groups in total. The number of hydrogen-bond donors (Lipinski definition) is 1. The molecule has 0 spiro atoms. The number of esters is 1.